The SMILES string of the molecule is CCC(C)(C)C(=O)OC.OC1CC2CCC1C2. The van der Waals surface area contributed by atoms with Gasteiger partial charge in [-0.05, 0) is 57.8 Å². The molecule has 0 spiro atoms. The van der Waals surface area contributed by atoms with E-state index in [1.807, 2.05) is 20.8 Å². The summed E-state index contributed by atoms with van der Waals surface area (Å²) in [6.45, 7) is 5.72. The van der Waals surface area contributed by atoms with Crippen molar-refractivity contribution in [3.63, 3.8) is 0 Å². The van der Waals surface area contributed by atoms with Crippen molar-refractivity contribution in [1.82, 2.24) is 0 Å². The highest BCUT2D eigenvalue weighted by Crippen LogP contribution is 2.44. The highest BCUT2D eigenvalue weighted by Gasteiger charge is 2.38. The first kappa shape index (κ1) is 14.5. The minimum absolute atomic E-state index is 0.0775. The fourth-order valence-corrected chi connectivity index (χ4v) is 2.63. The Bertz CT molecular complexity index is 258. The summed E-state index contributed by atoms with van der Waals surface area (Å²) in [7, 11) is 1.42. The first-order chi connectivity index (χ1) is 7.90. The lowest BCUT2D eigenvalue weighted by Crippen LogP contribution is -2.24. The number of ether oxygens (including phenoxy) is 1. The molecule has 3 atom stereocenters. The number of fused-ring (bicyclic) bond motifs is 2. The van der Waals surface area contributed by atoms with Gasteiger partial charge < -0.3 is 9.84 Å². The van der Waals surface area contributed by atoms with Crippen LogP contribution in [0.15, 0.2) is 0 Å². The summed E-state index contributed by atoms with van der Waals surface area (Å²) in [6.07, 6.45) is 6.01. The molecule has 0 saturated heterocycles. The van der Waals surface area contributed by atoms with Crippen LogP contribution in [0.25, 0.3) is 0 Å². The molecule has 0 radical (unpaired) electrons. The third kappa shape index (κ3) is 3.70. The van der Waals surface area contributed by atoms with Crippen LogP contribution < -0.4 is 0 Å². The Kier molecular flexibility index (Phi) is 4.99. The molecule has 100 valence electrons. The summed E-state index contributed by atoms with van der Waals surface area (Å²) < 4.78 is 4.57. The second-order valence-corrected chi connectivity index (χ2v) is 5.97. The van der Waals surface area contributed by atoms with Crippen LogP contribution in [0, 0.1) is 17.3 Å². The minimum atomic E-state index is -0.311. The molecule has 2 rings (SSSR count). The van der Waals surface area contributed by atoms with Gasteiger partial charge in [-0.2, -0.15) is 0 Å². The van der Waals surface area contributed by atoms with E-state index in [9.17, 15) is 9.90 Å². The van der Waals surface area contributed by atoms with Gasteiger partial charge in [0, 0.05) is 0 Å². The number of carbonyl (C=O) groups is 1. The van der Waals surface area contributed by atoms with Gasteiger partial charge in [0.15, 0.2) is 0 Å². The smallest absolute Gasteiger partial charge is 0.311 e. The summed E-state index contributed by atoms with van der Waals surface area (Å²) in [5, 5.41) is 9.22. The first-order valence-electron chi connectivity index (χ1n) is 6.67. The molecule has 1 N–H and O–H groups in total. The van der Waals surface area contributed by atoms with E-state index in [-0.39, 0.29) is 17.5 Å². The topological polar surface area (TPSA) is 46.5 Å². The highest BCUT2D eigenvalue weighted by molar-refractivity contribution is 5.75. The Morgan fingerprint density at radius 1 is 1.35 bits per heavy atom. The van der Waals surface area contributed by atoms with E-state index in [1.54, 1.807) is 0 Å². The average molecular weight is 242 g/mol. The van der Waals surface area contributed by atoms with Crippen LogP contribution in [-0.2, 0) is 9.53 Å². The first-order valence-corrected chi connectivity index (χ1v) is 6.67. The largest absolute Gasteiger partial charge is 0.469 e. The van der Waals surface area contributed by atoms with E-state index >= 15 is 0 Å². The van der Waals surface area contributed by atoms with Crippen LogP contribution >= 0.6 is 0 Å². The van der Waals surface area contributed by atoms with Crippen LogP contribution in [0.5, 0.6) is 0 Å². The molecule has 3 heteroatoms. The third-order valence-corrected chi connectivity index (χ3v) is 4.32. The molecule has 3 unspecified atom stereocenters. The van der Waals surface area contributed by atoms with Gasteiger partial charge in [0.05, 0.1) is 18.6 Å². The van der Waals surface area contributed by atoms with E-state index in [0.717, 1.165) is 18.8 Å². The Balaban J connectivity index is 0.000000170. The average Bonchev–Trinajstić information content (AvgIpc) is 2.90. The summed E-state index contributed by atoms with van der Waals surface area (Å²) in [5.41, 5.74) is -0.311. The number of rotatable bonds is 2. The number of hydrogen-bond donors (Lipinski definition) is 1. The number of aliphatic hydroxyl groups excluding tert-OH is 1. The molecule has 2 aliphatic carbocycles. The predicted molar refractivity (Wildman–Crippen MR) is 67.5 cm³/mol. The number of esters is 1. The molecule has 17 heavy (non-hydrogen) atoms. The number of carbonyl (C=O) groups excluding carboxylic acids is 1. The molecular formula is C14H26O3. The van der Waals surface area contributed by atoms with Crippen molar-refractivity contribution in [1.29, 1.82) is 0 Å². The maximum Gasteiger partial charge on any atom is 0.311 e. The molecular weight excluding hydrogens is 216 g/mol. The van der Waals surface area contributed by atoms with Crippen LogP contribution in [0.4, 0.5) is 0 Å². The molecule has 0 aromatic carbocycles. The van der Waals surface area contributed by atoms with Crippen molar-refractivity contribution in [2.24, 2.45) is 17.3 Å². The molecule has 2 fully saturated rings. The van der Waals surface area contributed by atoms with Gasteiger partial charge in [-0.3, -0.25) is 4.79 Å². The van der Waals surface area contributed by atoms with Crippen molar-refractivity contribution in [3.8, 4) is 0 Å². The number of aliphatic hydroxyl groups is 1. The van der Waals surface area contributed by atoms with Crippen LogP contribution in [0.2, 0.25) is 0 Å². The standard InChI is InChI=1S/C7H14O2.C7H12O/c1-5-7(2,3)6(8)9-4;8-7-4-5-1-2-6(7)3-5/h5H2,1-4H3;5-8H,1-4H2. The van der Waals surface area contributed by atoms with E-state index in [2.05, 4.69) is 4.74 Å². The van der Waals surface area contributed by atoms with Crippen molar-refractivity contribution >= 4 is 5.97 Å². The summed E-state index contributed by atoms with van der Waals surface area (Å²) >= 11 is 0. The monoisotopic (exact) mass is 242 g/mol. The molecule has 3 nitrogen and oxygen atoms in total. The van der Waals surface area contributed by atoms with E-state index in [0.29, 0.717) is 5.92 Å². The lowest BCUT2D eigenvalue weighted by molar-refractivity contribution is -0.150. The predicted octanol–water partition coefficient (Wildman–Crippen LogP) is 2.76. The van der Waals surface area contributed by atoms with Crippen LogP contribution in [0.1, 0.15) is 52.9 Å². The van der Waals surface area contributed by atoms with E-state index < -0.39 is 0 Å². The minimum Gasteiger partial charge on any atom is -0.469 e. The quantitative estimate of drug-likeness (QED) is 0.757. The zero-order chi connectivity index (χ0) is 13.1. The van der Waals surface area contributed by atoms with Crippen LogP contribution in [-0.4, -0.2) is 24.3 Å². The summed E-state index contributed by atoms with van der Waals surface area (Å²) in [4.78, 5) is 10.8. The lowest BCUT2D eigenvalue weighted by Gasteiger charge is -2.17. The lowest BCUT2D eigenvalue weighted by atomic mass is 9.91. The van der Waals surface area contributed by atoms with Crippen molar-refractivity contribution in [2.75, 3.05) is 7.11 Å². The normalized spacial score (nSPS) is 30.8. The molecule has 0 aromatic heterocycles. The van der Waals surface area contributed by atoms with Gasteiger partial charge in [0.2, 0.25) is 0 Å². The van der Waals surface area contributed by atoms with Crippen molar-refractivity contribution in [3.05, 3.63) is 0 Å². The molecule has 2 bridgehead atoms. The van der Waals surface area contributed by atoms with Crippen molar-refractivity contribution in [2.45, 2.75) is 59.0 Å². The van der Waals surface area contributed by atoms with Gasteiger partial charge >= 0.3 is 5.97 Å². The third-order valence-electron chi connectivity index (χ3n) is 4.32. The van der Waals surface area contributed by atoms with Gasteiger partial charge in [-0.1, -0.05) is 6.92 Å². The van der Waals surface area contributed by atoms with E-state index in [4.69, 9.17) is 0 Å². The zero-order valence-electron chi connectivity index (χ0n) is 11.5. The van der Waals surface area contributed by atoms with Gasteiger partial charge in [-0.25, -0.2) is 0 Å². The maximum atomic E-state index is 10.8. The Morgan fingerprint density at radius 3 is 2.18 bits per heavy atom. The van der Waals surface area contributed by atoms with E-state index in [1.165, 1.54) is 26.4 Å². The molecule has 0 amide bonds. The Labute approximate surface area is 105 Å². The summed E-state index contributed by atoms with van der Waals surface area (Å²) in [6, 6.07) is 0. The number of methoxy groups -OCH3 is 1. The molecule has 0 aliphatic heterocycles. The molecule has 2 saturated carbocycles. The second kappa shape index (κ2) is 5.85. The Hall–Kier alpha value is -0.570. The zero-order valence-corrected chi connectivity index (χ0v) is 11.5. The Morgan fingerprint density at radius 2 is 2.00 bits per heavy atom. The van der Waals surface area contributed by atoms with Crippen LogP contribution in [0.3, 0.4) is 0 Å². The van der Waals surface area contributed by atoms with Gasteiger partial charge in [0.1, 0.15) is 0 Å². The van der Waals surface area contributed by atoms with Gasteiger partial charge in [-0.15, -0.1) is 0 Å². The van der Waals surface area contributed by atoms with Crippen molar-refractivity contribution < 1.29 is 14.6 Å². The number of hydrogen-bond acceptors (Lipinski definition) is 3. The summed E-state index contributed by atoms with van der Waals surface area (Å²) in [5.74, 6) is 1.46. The highest BCUT2D eigenvalue weighted by atomic mass is 16.5. The molecule has 2 aliphatic rings. The molecule has 0 heterocycles. The maximum absolute atomic E-state index is 10.8. The fraction of sp³-hybridized carbons (Fsp3) is 0.929. The fourth-order valence-electron chi connectivity index (χ4n) is 2.63. The molecule has 0 aromatic rings. The second-order valence-electron chi connectivity index (χ2n) is 5.97. The van der Waals surface area contributed by atoms with Gasteiger partial charge in [0.25, 0.3) is 0 Å².